The molecule has 0 aliphatic rings. The van der Waals surface area contributed by atoms with Gasteiger partial charge in [-0.15, -0.1) is 0 Å². The van der Waals surface area contributed by atoms with E-state index >= 15 is 0 Å². The first-order valence-electron chi connectivity index (χ1n) is 10.9. The summed E-state index contributed by atoms with van der Waals surface area (Å²) in [6.45, 7) is 4.48. The normalized spacial score (nSPS) is 11.1. The van der Waals surface area contributed by atoms with Crippen molar-refractivity contribution in [2.45, 2.75) is 31.7 Å². The molecule has 1 amide bonds. The maximum absolute atomic E-state index is 13.3. The van der Waals surface area contributed by atoms with E-state index in [4.69, 9.17) is 9.47 Å². The minimum absolute atomic E-state index is 0.00463. The number of rotatable bonds is 10. The summed E-state index contributed by atoms with van der Waals surface area (Å²) in [7, 11) is -1.01. The van der Waals surface area contributed by atoms with Crippen molar-refractivity contribution in [3.05, 3.63) is 77.5 Å². The van der Waals surface area contributed by atoms with Crippen molar-refractivity contribution in [3.8, 4) is 11.6 Å². The first kappa shape index (κ1) is 25.0. The number of carbonyl (C=O) groups excluding carboxylic acids is 1. The number of anilines is 1. The lowest BCUT2D eigenvalue weighted by molar-refractivity contribution is 0.0949. The Balaban J connectivity index is 1.84. The molecule has 0 spiro atoms. The van der Waals surface area contributed by atoms with E-state index in [1.165, 1.54) is 26.3 Å². The van der Waals surface area contributed by atoms with Crippen molar-refractivity contribution in [2.24, 2.45) is 0 Å². The van der Waals surface area contributed by atoms with Crippen LogP contribution in [0.3, 0.4) is 0 Å². The summed E-state index contributed by atoms with van der Waals surface area (Å²) in [6, 6.07) is 14.9. The number of amides is 1. The third-order valence-corrected chi connectivity index (χ3v) is 7.04. The lowest BCUT2D eigenvalue weighted by Gasteiger charge is -2.22. The molecule has 3 aromatic rings. The molecule has 8 nitrogen and oxygen atoms in total. The van der Waals surface area contributed by atoms with Crippen LogP contribution in [0.1, 0.15) is 34.8 Å². The van der Waals surface area contributed by atoms with E-state index < -0.39 is 10.0 Å². The van der Waals surface area contributed by atoms with E-state index in [2.05, 4.69) is 10.3 Å². The zero-order chi connectivity index (χ0) is 24.7. The largest absolute Gasteiger partial charge is 0.495 e. The Labute approximate surface area is 200 Å². The SMILES string of the molecule is CCCOc1ncccc1CNC(=O)c1cc(S(=O)(=O)N(C)c2ccccc2OC)ccc1C. The minimum atomic E-state index is -3.94. The Morgan fingerprint density at radius 3 is 2.62 bits per heavy atom. The Kier molecular flexibility index (Phi) is 8.12. The Morgan fingerprint density at radius 2 is 1.88 bits per heavy atom. The average molecular weight is 484 g/mol. The number of sulfonamides is 1. The van der Waals surface area contributed by atoms with E-state index in [1.807, 2.05) is 13.0 Å². The summed E-state index contributed by atoms with van der Waals surface area (Å²) in [6.07, 6.45) is 2.47. The number of hydrogen-bond acceptors (Lipinski definition) is 6. The van der Waals surface area contributed by atoms with Gasteiger partial charge in [-0.25, -0.2) is 13.4 Å². The first-order valence-corrected chi connectivity index (χ1v) is 12.3. The summed E-state index contributed by atoms with van der Waals surface area (Å²) in [5.41, 5.74) is 2.06. The van der Waals surface area contributed by atoms with Gasteiger partial charge in [0.15, 0.2) is 0 Å². The predicted octanol–water partition coefficient (Wildman–Crippen LogP) is 3.94. The second-order valence-electron chi connectivity index (χ2n) is 7.62. The van der Waals surface area contributed by atoms with Crippen molar-refractivity contribution >= 4 is 21.6 Å². The highest BCUT2D eigenvalue weighted by Gasteiger charge is 2.25. The molecule has 0 atom stereocenters. The Bertz CT molecular complexity index is 1260. The second-order valence-corrected chi connectivity index (χ2v) is 9.59. The summed E-state index contributed by atoms with van der Waals surface area (Å²) in [5.74, 6) is 0.507. The van der Waals surface area contributed by atoms with Crippen LogP contribution >= 0.6 is 0 Å². The lowest BCUT2D eigenvalue weighted by atomic mass is 10.1. The molecule has 0 unspecified atom stereocenters. The van der Waals surface area contributed by atoms with Gasteiger partial charge in [-0.05, 0) is 49.2 Å². The van der Waals surface area contributed by atoms with Crippen LogP contribution in [0.15, 0.2) is 65.7 Å². The van der Waals surface area contributed by atoms with Crippen molar-refractivity contribution in [2.75, 3.05) is 25.1 Å². The predicted molar refractivity (Wildman–Crippen MR) is 131 cm³/mol. The molecule has 0 saturated carbocycles. The van der Waals surface area contributed by atoms with Gasteiger partial charge in [0, 0.05) is 30.9 Å². The summed E-state index contributed by atoms with van der Waals surface area (Å²) >= 11 is 0. The van der Waals surface area contributed by atoms with Gasteiger partial charge in [0.05, 0.1) is 24.3 Å². The molecule has 3 rings (SSSR count). The van der Waals surface area contributed by atoms with Gasteiger partial charge in [0.1, 0.15) is 5.75 Å². The molecule has 0 aliphatic heterocycles. The van der Waals surface area contributed by atoms with Crippen LogP contribution in [-0.4, -0.2) is 40.1 Å². The molecule has 1 N–H and O–H groups in total. The number of nitrogens with zero attached hydrogens (tertiary/aromatic N) is 2. The molecule has 0 bridgehead atoms. The number of aryl methyl sites for hydroxylation is 1. The molecule has 34 heavy (non-hydrogen) atoms. The van der Waals surface area contributed by atoms with Gasteiger partial charge >= 0.3 is 0 Å². The first-order chi connectivity index (χ1) is 16.3. The summed E-state index contributed by atoms with van der Waals surface area (Å²) in [4.78, 5) is 17.2. The topological polar surface area (TPSA) is 97.8 Å². The fourth-order valence-corrected chi connectivity index (χ4v) is 4.57. The number of para-hydroxylation sites is 2. The van der Waals surface area contributed by atoms with Crippen LogP contribution < -0.4 is 19.1 Å². The van der Waals surface area contributed by atoms with Gasteiger partial charge in [-0.3, -0.25) is 9.10 Å². The van der Waals surface area contributed by atoms with E-state index in [1.54, 1.807) is 49.5 Å². The fraction of sp³-hybridized carbons (Fsp3) is 0.280. The molecule has 2 aromatic carbocycles. The molecule has 0 fully saturated rings. The maximum atomic E-state index is 13.3. The third kappa shape index (κ3) is 5.48. The van der Waals surface area contributed by atoms with Gasteiger partial charge in [-0.2, -0.15) is 0 Å². The molecule has 1 aromatic heterocycles. The quantitative estimate of drug-likeness (QED) is 0.469. The number of benzene rings is 2. The molecule has 0 radical (unpaired) electrons. The number of pyridine rings is 1. The highest BCUT2D eigenvalue weighted by Crippen LogP contribution is 2.31. The average Bonchev–Trinajstić information content (AvgIpc) is 2.86. The number of carbonyl (C=O) groups is 1. The minimum Gasteiger partial charge on any atom is -0.495 e. The van der Waals surface area contributed by atoms with Gasteiger partial charge in [0.25, 0.3) is 15.9 Å². The van der Waals surface area contributed by atoms with Crippen LogP contribution in [-0.2, 0) is 16.6 Å². The number of hydrogen-bond donors (Lipinski definition) is 1. The van der Waals surface area contributed by atoms with Crippen molar-refractivity contribution < 1.29 is 22.7 Å². The molecular weight excluding hydrogens is 454 g/mol. The fourth-order valence-electron chi connectivity index (χ4n) is 3.34. The van der Waals surface area contributed by atoms with E-state index in [0.29, 0.717) is 29.5 Å². The number of aromatic nitrogens is 1. The highest BCUT2D eigenvalue weighted by atomic mass is 32.2. The standard InChI is InChI=1S/C25H29N3O5S/c1-5-15-33-25-19(9-8-14-26-25)17-27-24(29)21-16-20(13-12-18(21)2)34(30,31)28(3)22-10-6-7-11-23(22)32-4/h6-14,16H,5,15,17H2,1-4H3,(H,27,29). The zero-order valence-electron chi connectivity index (χ0n) is 19.7. The second kappa shape index (κ2) is 11.0. The molecule has 1 heterocycles. The van der Waals surface area contributed by atoms with Crippen LogP contribution in [0.25, 0.3) is 0 Å². The third-order valence-electron chi connectivity index (χ3n) is 5.27. The molecular formula is C25H29N3O5S. The van der Waals surface area contributed by atoms with Crippen molar-refractivity contribution in [3.63, 3.8) is 0 Å². The number of methoxy groups -OCH3 is 1. The Morgan fingerprint density at radius 1 is 1.12 bits per heavy atom. The number of ether oxygens (including phenoxy) is 2. The van der Waals surface area contributed by atoms with E-state index in [-0.39, 0.29) is 22.9 Å². The van der Waals surface area contributed by atoms with Gasteiger partial charge < -0.3 is 14.8 Å². The molecule has 180 valence electrons. The maximum Gasteiger partial charge on any atom is 0.264 e. The van der Waals surface area contributed by atoms with Gasteiger partial charge in [-0.1, -0.05) is 31.2 Å². The number of nitrogens with one attached hydrogen (secondary N) is 1. The smallest absolute Gasteiger partial charge is 0.264 e. The van der Waals surface area contributed by atoms with Crippen LogP contribution in [0.4, 0.5) is 5.69 Å². The summed E-state index contributed by atoms with van der Waals surface area (Å²) < 4.78 is 38.7. The zero-order valence-corrected chi connectivity index (χ0v) is 20.6. The van der Waals surface area contributed by atoms with E-state index in [0.717, 1.165) is 16.3 Å². The van der Waals surface area contributed by atoms with Crippen LogP contribution in [0.2, 0.25) is 0 Å². The van der Waals surface area contributed by atoms with Crippen LogP contribution in [0, 0.1) is 6.92 Å². The Hall–Kier alpha value is -3.59. The van der Waals surface area contributed by atoms with E-state index in [9.17, 15) is 13.2 Å². The molecule has 0 saturated heterocycles. The van der Waals surface area contributed by atoms with Gasteiger partial charge in [0.2, 0.25) is 5.88 Å². The van der Waals surface area contributed by atoms with Crippen molar-refractivity contribution in [1.29, 1.82) is 0 Å². The molecule has 9 heteroatoms. The monoisotopic (exact) mass is 483 g/mol. The van der Waals surface area contributed by atoms with Crippen molar-refractivity contribution in [1.82, 2.24) is 10.3 Å². The lowest BCUT2D eigenvalue weighted by Crippen LogP contribution is -2.28. The highest BCUT2D eigenvalue weighted by molar-refractivity contribution is 7.92. The summed E-state index contributed by atoms with van der Waals surface area (Å²) in [5, 5.41) is 2.84. The van der Waals surface area contributed by atoms with Crippen LogP contribution in [0.5, 0.6) is 11.6 Å². The molecule has 0 aliphatic carbocycles.